The number of halogens is 3. The smallest absolute Gasteiger partial charge is 0.360 e. The summed E-state index contributed by atoms with van der Waals surface area (Å²) >= 11 is 0. The number of anilines is 1. The molecule has 0 saturated heterocycles. The molecule has 19 heavy (non-hydrogen) atoms. The highest BCUT2D eigenvalue weighted by Crippen LogP contribution is 2.46. The lowest BCUT2D eigenvalue weighted by Crippen LogP contribution is -2.60. The van der Waals surface area contributed by atoms with Crippen LogP contribution in [0.15, 0.2) is 24.3 Å². The van der Waals surface area contributed by atoms with Gasteiger partial charge in [0.1, 0.15) is 0 Å². The molecule has 0 bridgehead atoms. The number of rotatable bonds is 0. The molecule has 2 N–H and O–H groups in total. The number of alkyl halides is 3. The zero-order valence-electron chi connectivity index (χ0n) is 10.7. The zero-order chi connectivity index (χ0) is 14.8. The van der Waals surface area contributed by atoms with Crippen molar-refractivity contribution >= 4 is 11.7 Å². The number of hydrogen-bond donors (Lipinski definition) is 2. The highest BCUT2D eigenvalue weighted by Gasteiger charge is 2.62. The third kappa shape index (κ3) is 2.25. The molecule has 0 aliphatic carbocycles. The van der Waals surface area contributed by atoms with Gasteiger partial charge in [-0.25, -0.2) is 4.79 Å². The second-order valence-electron chi connectivity index (χ2n) is 3.70. The average molecular weight is 276 g/mol. The Labute approximate surface area is 108 Å². The van der Waals surface area contributed by atoms with Gasteiger partial charge in [-0.3, -0.25) is 4.90 Å². The molecule has 0 saturated carbocycles. The first-order valence-corrected chi connectivity index (χ1v) is 5.72. The number of amides is 2. The number of fused-ring (bicyclic) bond motifs is 1. The number of hydrogen-bond acceptors (Lipinski definition) is 2. The molecule has 0 aromatic heterocycles. The molecule has 0 radical (unpaired) electrons. The van der Waals surface area contributed by atoms with E-state index in [1.165, 1.54) is 18.2 Å². The molecule has 7 heteroatoms. The van der Waals surface area contributed by atoms with E-state index in [0.717, 1.165) is 13.1 Å². The highest BCUT2D eigenvalue weighted by atomic mass is 19.4. The number of nitrogens with one attached hydrogen (secondary N) is 1. The summed E-state index contributed by atoms with van der Waals surface area (Å²) in [5.74, 6) is 0. The summed E-state index contributed by atoms with van der Waals surface area (Å²) in [6.45, 7) is 4.00. The molecule has 1 atom stereocenters. The Morgan fingerprint density at radius 3 is 2.32 bits per heavy atom. The monoisotopic (exact) mass is 276 g/mol. The van der Waals surface area contributed by atoms with Crippen LogP contribution in [0, 0.1) is 0 Å². The van der Waals surface area contributed by atoms with Crippen molar-refractivity contribution < 1.29 is 23.1 Å². The molecule has 1 aliphatic rings. The Morgan fingerprint density at radius 2 is 1.79 bits per heavy atom. The van der Waals surface area contributed by atoms with Gasteiger partial charge in [-0.2, -0.15) is 13.2 Å². The second kappa shape index (κ2) is 5.08. The molecule has 1 heterocycles. The summed E-state index contributed by atoms with van der Waals surface area (Å²) < 4.78 is 38.9. The fraction of sp³-hybridized carbons (Fsp3) is 0.417. The number of urea groups is 1. The van der Waals surface area contributed by atoms with E-state index in [1.807, 2.05) is 13.8 Å². The van der Waals surface area contributed by atoms with Crippen LogP contribution in [0.1, 0.15) is 19.4 Å². The lowest BCUT2D eigenvalue weighted by Gasteiger charge is -2.42. The Bertz CT molecular complexity index is 476. The lowest BCUT2D eigenvalue weighted by molar-refractivity contribution is -0.309. The molecule has 1 aliphatic heterocycles. The minimum atomic E-state index is -4.98. The van der Waals surface area contributed by atoms with Crippen LogP contribution in [0.2, 0.25) is 0 Å². The van der Waals surface area contributed by atoms with E-state index >= 15 is 0 Å². The lowest BCUT2D eigenvalue weighted by atomic mass is 9.96. The molecule has 1 unspecified atom stereocenters. The zero-order valence-corrected chi connectivity index (χ0v) is 10.7. The van der Waals surface area contributed by atoms with Gasteiger partial charge < -0.3 is 10.4 Å². The molecule has 1 aromatic rings. The Kier molecular flexibility index (Phi) is 4.09. The summed E-state index contributed by atoms with van der Waals surface area (Å²) in [4.78, 5) is 11.6. The maximum absolute atomic E-state index is 13.0. The molecule has 4 nitrogen and oxygen atoms in total. The summed E-state index contributed by atoms with van der Waals surface area (Å²) in [6.07, 6.45) is -4.98. The van der Waals surface area contributed by atoms with Crippen LogP contribution < -0.4 is 5.32 Å². The first-order valence-electron chi connectivity index (χ1n) is 5.72. The maximum atomic E-state index is 13.0. The maximum Gasteiger partial charge on any atom is 0.441 e. The molecule has 2 amide bonds. The van der Waals surface area contributed by atoms with Gasteiger partial charge >= 0.3 is 12.2 Å². The van der Waals surface area contributed by atoms with Gasteiger partial charge in [0.25, 0.3) is 5.72 Å². The van der Waals surface area contributed by atoms with E-state index in [9.17, 15) is 23.1 Å². The molecule has 1 aromatic carbocycles. The summed E-state index contributed by atoms with van der Waals surface area (Å²) in [5, 5.41) is 12.1. The van der Waals surface area contributed by atoms with Crippen molar-refractivity contribution in [1.82, 2.24) is 4.90 Å². The summed E-state index contributed by atoms with van der Waals surface area (Å²) in [6, 6.07) is 4.25. The van der Waals surface area contributed by atoms with Crippen LogP contribution in [0.5, 0.6) is 0 Å². The Hall–Kier alpha value is -1.76. The minimum absolute atomic E-state index is 0.0459. The first kappa shape index (κ1) is 15.3. The number of aliphatic hydroxyl groups is 1. The van der Waals surface area contributed by atoms with Gasteiger partial charge in [-0.1, -0.05) is 32.0 Å². The Morgan fingerprint density at radius 1 is 1.26 bits per heavy atom. The van der Waals surface area contributed by atoms with Gasteiger partial charge in [0, 0.05) is 12.6 Å². The van der Waals surface area contributed by atoms with Crippen molar-refractivity contribution in [3.8, 4) is 0 Å². The molecule has 2 rings (SSSR count). The number of para-hydroxylation sites is 1. The van der Waals surface area contributed by atoms with E-state index in [1.54, 1.807) is 0 Å². The van der Waals surface area contributed by atoms with Crippen molar-refractivity contribution in [3.63, 3.8) is 0 Å². The van der Waals surface area contributed by atoms with E-state index in [4.69, 9.17) is 0 Å². The largest absolute Gasteiger partial charge is 0.441 e. The molecule has 106 valence electrons. The quantitative estimate of drug-likeness (QED) is 0.765. The van der Waals surface area contributed by atoms with Gasteiger partial charge in [-0.05, 0) is 6.07 Å². The topological polar surface area (TPSA) is 52.6 Å². The highest BCUT2D eigenvalue weighted by molar-refractivity contribution is 5.93. The number of benzene rings is 1. The van der Waals surface area contributed by atoms with Crippen LogP contribution in [-0.2, 0) is 5.72 Å². The molecular weight excluding hydrogens is 261 g/mol. The molecule has 0 fully saturated rings. The number of carbonyl (C=O) groups excluding carboxylic acids is 1. The average Bonchev–Trinajstić information content (AvgIpc) is 2.37. The second-order valence-corrected chi connectivity index (χ2v) is 3.70. The van der Waals surface area contributed by atoms with Crippen LogP contribution in [0.25, 0.3) is 0 Å². The predicted octanol–water partition coefficient (Wildman–Crippen LogP) is 2.90. The number of nitrogens with zero attached hydrogens (tertiary/aromatic N) is 1. The standard InChI is InChI=1S/C10H9F3N2O2.C2H6/c1-15-8(16)14-7-5-3-2-4-6(7)9(15,17)10(11,12)13;1-2/h2-5,17H,1H3,(H,14,16);1-2H3. The normalized spacial score (nSPS) is 22.1. The van der Waals surface area contributed by atoms with Crippen LogP contribution in [-0.4, -0.2) is 29.3 Å². The van der Waals surface area contributed by atoms with Crippen molar-refractivity contribution in [2.75, 3.05) is 12.4 Å². The third-order valence-corrected chi connectivity index (χ3v) is 2.73. The summed E-state index contributed by atoms with van der Waals surface area (Å²) in [7, 11) is 0.888. The van der Waals surface area contributed by atoms with Gasteiger partial charge in [-0.15, -0.1) is 0 Å². The molecule has 0 spiro atoms. The predicted molar refractivity (Wildman–Crippen MR) is 64.5 cm³/mol. The SMILES string of the molecule is CC.CN1C(=O)Nc2ccccc2C1(O)C(F)(F)F. The first-order chi connectivity index (χ1) is 8.78. The van der Waals surface area contributed by atoms with Crippen molar-refractivity contribution in [1.29, 1.82) is 0 Å². The van der Waals surface area contributed by atoms with Crippen molar-refractivity contribution in [2.24, 2.45) is 0 Å². The van der Waals surface area contributed by atoms with Gasteiger partial charge in [0.2, 0.25) is 0 Å². The van der Waals surface area contributed by atoms with E-state index in [0.29, 0.717) is 0 Å². The van der Waals surface area contributed by atoms with E-state index in [2.05, 4.69) is 5.32 Å². The fourth-order valence-electron chi connectivity index (χ4n) is 1.77. The van der Waals surface area contributed by atoms with E-state index < -0.39 is 23.5 Å². The third-order valence-electron chi connectivity index (χ3n) is 2.73. The Balaban J connectivity index is 0.000000861. The van der Waals surface area contributed by atoms with Gasteiger partial charge in [0.05, 0.1) is 5.69 Å². The molecular formula is C12H15F3N2O2. The van der Waals surface area contributed by atoms with Crippen LogP contribution in [0.3, 0.4) is 0 Å². The van der Waals surface area contributed by atoms with Crippen LogP contribution in [0.4, 0.5) is 23.7 Å². The van der Waals surface area contributed by atoms with Crippen LogP contribution >= 0.6 is 0 Å². The van der Waals surface area contributed by atoms with Gasteiger partial charge in [0.15, 0.2) is 0 Å². The fourth-order valence-corrected chi connectivity index (χ4v) is 1.77. The van der Waals surface area contributed by atoms with Crippen molar-refractivity contribution in [3.05, 3.63) is 29.8 Å². The van der Waals surface area contributed by atoms with Crippen molar-refractivity contribution in [2.45, 2.75) is 25.7 Å². The van der Waals surface area contributed by atoms with E-state index in [-0.39, 0.29) is 10.6 Å². The number of carbonyl (C=O) groups is 1. The summed E-state index contributed by atoms with van der Waals surface area (Å²) in [5.41, 5.74) is -3.74. The minimum Gasteiger partial charge on any atom is -0.360 e.